The number of rotatable bonds is 18. The van der Waals surface area contributed by atoms with Crippen molar-refractivity contribution in [1.29, 1.82) is 0 Å². The van der Waals surface area contributed by atoms with Gasteiger partial charge >= 0.3 is 0 Å². The quantitative estimate of drug-likeness (QED) is 0.0793. The number of aromatic hydroxyl groups is 3. The molecule has 0 aliphatic carbocycles. The number of hydrogen-bond acceptors (Lipinski definition) is 6. The number of aryl methyl sites for hydroxylation is 7. The Morgan fingerprint density at radius 2 is 0.518 bits per heavy atom. The molecule has 0 aromatic heterocycles. The molecule has 0 bridgehead atoms. The van der Waals surface area contributed by atoms with E-state index >= 15 is 0 Å². The van der Waals surface area contributed by atoms with E-state index in [1.807, 2.05) is 149 Å². The molecule has 8 heteroatoms. The van der Waals surface area contributed by atoms with Crippen molar-refractivity contribution in [2.24, 2.45) is 0 Å². The topological polar surface area (TPSA) is 88.4 Å². The van der Waals surface area contributed by atoms with E-state index in [2.05, 4.69) is 384 Å². The van der Waals surface area contributed by atoms with Crippen LogP contribution in [0.5, 0.6) is 34.5 Å². The zero-order chi connectivity index (χ0) is 104. The molecular formula is C129H178Cl2O6. The highest BCUT2D eigenvalue weighted by atomic mass is 35.5. The summed E-state index contributed by atoms with van der Waals surface area (Å²) in [5, 5.41) is 29.8. The third-order valence-electron chi connectivity index (χ3n) is 22.4. The van der Waals surface area contributed by atoms with Crippen LogP contribution in [0.3, 0.4) is 0 Å². The van der Waals surface area contributed by atoms with Crippen LogP contribution in [0.15, 0.2) is 303 Å². The summed E-state index contributed by atoms with van der Waals surface area (Å²) in [5.74, 6) is 11.5. The highest BCUT2D eigenvalue weighted by molar-refractivity contribution is 6.31. The highest BCUT2D eigenvalue weighted by Crippen LogP contribution is 2.32. The zero-order valence-electron chi connectivity index (χ0n) is 91.1. The molecule has 13 rings (SSSR count). The number of methoxy groups -OCH3 is 1. The summed E-state index contributed by atoms with van der Waals surface area (Å²) >= 11 is 11.7. The normalized spacial score (nSPS) is 10.4. The first-order valence-corrected chi connectivity index (χ1v) is 50.6. The van der Waals surface area contributed by atoms with Crippen LogP contribution in [-0.2, 0) is 0 Å². The summed E-state index contributed by atoms with van der Waals surface area (Å²) in [6.45, 7) is 76.3. The summed E-state index contributed by atoms with van der Waals surface area (Å²) in [6, 6.07) is 103. The van der Waals surface area contributed by atoms with Gasteiger partial charge in [0.25, 0.3) is 0 Å². The van der Waals surface area contributed by atoms with Gasteiger partial charge in [0.05, 0.1) is 20.3 Å². The van der Waals surface area contributed by atoms with Crippen LogP contribution in [0.2, 0.25) is 10.0 Å². The molecule has 0 atom stereocenters. The van der Waals surface area contributed by atoms with E-state index in [9.17, 15) is 15.3 Å². The molecule has 0 unspecified atom stereocenters. The molecule has 137 heavy (non-hydrogen) atoms. The van der Waals surface area contributed by atoms with Gasteiger partial charge in [-0.25, -0.2) is 0 Å². The second-order valence-corrected chi connectivity index (χ2v) is 39.9. The molecule has 744 valence electrons. The van der Waals surface area contributed by atoms with Crippen molar-refractivity contribution in [3.63, 3.8) is 0 Å². The van der Waals surface area contributed by atoms with Crippen LogP contribution in [0, 0.1) is 48.5 Å². The third-order valence-corrected chi connectivity index (χ3v) is 23.0. The maximum Gasteiger partial charge on any atom is 0.122 e. The molecular weight excluding hydrogens is 1720 g/mol. The fourth-order valence-electron chi connectivity index (χ4n) is 13.3. The van der Waals surface area contributed by atoms with E-state index in [1.165, 1.54) is 89.0 Å². The lowest BCUT2D eigenvalue weighted by molar-refractivity contribution is 0.335. The fraction of sp³-hybridized carbons (Fsp3) is 0.395. The molecule has 0 aliphatic rings. The lowest BCUT2D eigenvalue weighted by Gasteiger charge is -2.11. The fourth-order valence-corrected chi connectivity index (χ4v) is 13.9. The molecule has 0 fully saturated rings. The minimum atomic E-state index is 0.399. The first-order chi connectivity index (χ1) is 64.6. The molecule has 0 heterocycles. The van der Waals surface area contributed by atoms with Gasteiger partial charge in [-0.3, -0.25) is 0 Å². The molecule has 0 saturated heterocycles. The molecule has 0 radical (unpaired) electrons. The average molecular weight is 1900 g/mol. The number of para-hydroxylation sites is 3. The van der Waals surface area contributed by atoms with Gasteiger partial charge < -0.3 is 29.5 Å². The second kappa shape index (κ2) is 69.1. The monoisotopic (exact) mass is 1890 g/mol. The molecule has 13 aromatic rings. The van der Waals surface area contributed by atoms with Crippen LogP contribution in [0.1, 0.15) is 382 Å². The smallest absolute Gasteiger partial charge is 0.122 e. The maximum atomic E-state index is 9.46. The van der Waals surface area contributed by atoms with Crippen LogP contribution in [-0.4, -0.2) is 35.6 Å². The average Bonchev–Trinajstić information content (AvgIpc) is 0.951. The van der Waals surface area contributed by atoms with Gasteiger partial charge in [0, 0.05) is 10.0 Å². The van der Waals surface area contributed by atoms with Crippen molar-refractivity contribution in [2.45, 2.75) is 319 Å². The SMILES string of the molecule is CC(C)c1cccc(Cl)c1.CC(C)c1ccccc1Cl.CC(C)c1ccccc1O.CCOc1cccc(C(C)C)c1.CCOc1ccccc1C(C)C.COc1ccccc1C(C)C.Cc1ccc(C(C)C)c(O)c1.Cc1ccc(C(C)C)cc1.Cc1ccc(C(C)C)cc1.Cc1ccc(C(C)C)cc1.Cc1ccc(C(C)C)cc1O.Cc1cccc(C(C)C)c1.Cc1cccc(C(C)C)c1. The van der Waals surface area contributed by atoms with Crippen LogP contribution in [0.4, 0.5) is 0 Å². The summed E-state index contributed by atoms with van der Waals surface area (Å²) in [6.07, 6.45) is 0. The van der Waals surface area contributed by atoms with Gasteiger partial charge in [-0.1, -0.05) is 474 Å². The van der Waals surface area contributed by atoms with Crippen molar-refractivity contribution >= 4 is 23.2 Å². The molecule has 0 amide bonds. The summed E-state index contributed by atoms with van der Waals surface area (Å²) in [4.78, 5) is 0. The Morgan fingerprint density at radius 1 is 0.219 bits per heavy atom. The van der Waals surface area contributed by atoms with Gasteiger partial charge in [0.1, 0.15) is 34.5 Å². The summed E-state index contributed by atoms with van der Waals surface area (Å²) < 4.78 is 16.1. The Morgan fingerprint density at radius 3 is 0.825 bits per heavy atom. The second-order valence-electron chi connectivity index (χ2n) is 39.0. The standard InChI is InChI=1S/2C11H16O.3C10H14O.5C10H14.2C9H11Cl.C9H12O/c1-4-12-11-7-5-6-10(8-11)9(2)3;1-4-12-11-8-6-5-7-10(11)9(2)3;1-7(2)9-5-4-8(3)10(11)6-9;1-7(2)9-5-4-8(3)6-10(9)11;1-8(2)9-6-4-5-7-10(9)11-3;3*1-8(2)10-6-4-9(3)5-7-10;2*1-8(2)10-6-4-5-9(3)7-10;1-7(2)8-4-3-5-9(10)6-8;2*1-7(2)8-5-3-4-6-9(8)10/h2*5-9H,4H2,1-3H3;2*4-7,11H,1-3H3;4-8H,1-3H3;5*4-8H,1-3H3;2*3-7H,1-2H3;3-7,10H,1-2H3. The van der Waals surface area contributed by atoms with E-state index in [-0.39, 0.29) is 0 Å². The predicted octanol–water partition coefficient (Wildman–Crippen LogP) is 39.9. The van der Waals surface area contributed by atoms with Crippen LogP contribution >= 0.6 is 23.2 Å². The van der Waals surface area contributed by atoms with E-state index in [4.69, 9.17) is 37.4 Å². The molecule has 6 nitrogen and oxygen atoms in total. The highest BCUT2D eigenvalue weighted by Gasteiger charge is 2.11. The van der Waals surface area contributed by atoms with Gasteiger partial charge in [-0.05, 0) is 283 Å². The summed E-state index contributed by atoms with van der Waals surface area (Å²) in [7, 11) is 1.71. The summed E-state index contributed by atoms with van der Waals surface area (Å²) in [5.41, 5.74) is 25.5. The molecule has 3 N–H and O–H groups in total. The van der Waals surface area contributed by atoms with Gasteiger partial charge in [0.2, 0.25) is 0 Å². The Bertz CT molecular complexity index is 5050. The Hall–Kier alpha value is -10.8. The lowest BCUT2D eigenvalue weighted by atomic mass is 10.0. The van der Waals surface area contributed by atoms with E-state index in [0.29, 0.717) is 94.2 Å². The third kappa shape index (κ3) is 53.1. The van der Waals surface area contributed by atoms with E-state index < -0.39 is 0 Å². The van der Waals surface area contributed by atoms with Crippen molar-refractivity contribution in [3.8, 4) is 34.5 Å². The minimum Gasteiger partial charge on any atom is -0.508 e. The zero-order valence-corrected chi connectivity index (χ0v) is 92.6. The largest absolute Gasteiger partial charge is 0.508 e. The number of phenolic OH excluding ortho intramolecular Hbond substituents is 3. The van der Waals surface area contributed by atoms with Gasteiger partial charge in [-0.2, -0.15) is 0 Å². The van der Waals surface area contributed by atoms with Crippen LogP contribution < -0.4 is 14.2 Å². The molecule has 0 saturated carbocycles. The number of phenols is 3. The molecule has 13 aromatic carbocycles. The number of benzene rings is 13. The van der Waals surface area contributed by atoms with Crippen molar-refractivity contribution in [2.75, 3.05) is 20.3 Å². The Kier molecular flexibility index (Phi) is 62.7. The Labute approximate surface area is 845 Å². The van der Waals surface area contributed by atoms with Gasteiger partial charge in [0.15, 0.2) is 0 Å². The van der Waals surface area contributed by atoms with Crippen molar-refractivity contribution < 1.29 is 29.5 Å². The maximum absolute atomic E-state index is 9.46. The predicted molar refractivity (Wildman–Crippen MR) is 604 cm³/mol. The number of ether oxygens (including phenoxy) is 3. The lowest BCUT2D eigenvalue weighted by Crippen LogP contribution is -1.97. The minimum absolute atomic E-state index is 0.399. The number of halogens is 2. The first kappa shape index (κ1) is 124. The van der Waals surface area contributed by atoms with E-state index in [0.717, 1.165) is 62.8 Å². The first-order valence-electron chi connectivity index (χ1n) is 49.9. The van der Waals surface area contributed by atoms with Crippen molar-refractivity contribution in [1.82, 2.24) is 0 Å². The van der Waals surface area contributed by atoms with E-state index in [1.54, 1.807) is 19.2 Å². The van der Waals surface area contributed by atoms with Gasteiger partial charge in [-0.15, -0.1) is 0 Å². The Balaban J connectivity index is 0.000000742. The number of hydrogen-bond donors (Lipinski definition) is 3. The van der Waals surface area contributed by atoms with Crippen LogP contribution in [0.25, 0.3) is 0 Å². The van der Waals surface area contributed by atoms with Crippen molar-refractivity contribution in [3.05, 3.63) is 425 Å². The molecule has 0 aliphatic heterocycles. The molecule has 0 spiro atoms.